The van der Waals surface area contributed by atoms with Crippen molar-refractivity contribution in [3.8, 4) is 17.1 Å². The quantitative estimate of drug-likeness (QED) is 0.763. The third-order valence-electron chi connectivity index (χ3n) is 3.35. The van der Waals surface area contributed by atoms with Gasteiger partial charge in [0.15, 0.2) is 0 Å². The van der Waals surface area contributed by atoms with Crippen LogP contribution in [-0.4, -0.2) is 19.6 Å². The Morgan fingerprint density at radius 2 is 2.11 bits per heavy atom. The third kappa shape index (κ3) is 1.76. The van der Waals surface area contributed by atoms with Crippen LogP contribution in [0.2, 0.25) is 0 Å². The number of para-hydroxylation sites is 1. The molecule has 4 nitrogen and oxygen atoms in total. The summed E-state index contributed by atoms with van der Waals surface area (Å²) in [5.41, 5.74) is 3.50. The SMILES string of the molecule is CCn1c(-c2cccc(C)c2O)nc2cnccc21. The van der Waals surface area contributed by atoms with E-state index in [0.717, 1.165) is 34.5 Å². The molecule has 0 saturated carbocycles. The molecule has 1 aromatic carbocycles. The van der Waals surface area contributed by atoms with Crippen LogP contribution in [-0.2, 0) is 6.54 Å². The first-order valence-electron chi connectivity index (χ1n) is 6.31. The number of benzene rings is 1. The maximum atomic E-state index is 10.2. The predicted molar refractivity (Wildman–Crippen MR) is 75.0 cm³/mol. The molecule has 0 amide bonds. The summed E-state index contributed by atoms with van der Waals surface area (Å²) < 4.78 is 2.09. The maximum absolute atomic E-state index is 10.2. The molecule has 0 saturated heterocycles. The molecule has 1 N–H and O–H groups in total. The smallest absolute Gasteiger partial charge is 0.144 e. The van der Waals surface area contributed by atoms with Gasteiger partial charge in [-0.05, 0) is 31.5 Å². The molecule has 19 heavy (non-hydrogen) atoms. The van der Waals surface area contributed by atoms with Crippen LogP contribution in [0.3, 0.4) is 0 Å². The van der Waals surface area contributed by atoms with Crippen molar-refractivity contribution in [2.75, 3.05) is 0 Å². The van der Waals surface area contributed by atoms with Gasteiger partial charge in [-0.25, -0.2) is 4.98 Å². The zero-order valence-corrected chi connectivity index (χ0v) is 11.0. The minimum Gasteiger partial charge on any atom is -0.507 e. The molecule has 0 atom stereocenters. The molecule has 3 rings (SSSR count). The molecule has 0 unspecified atom stereocenters. The summed E-state index contributed by atoms with van der Waals surface area (Å²) in [6.45, 7) is 4.75. The topological polar surface area (TPSA) is 50.9 Å². The van der Waals surface area contributed by atoms with Gasteiger partial charge < -0.3 is 9.67 Å². The Labute approximate surface area is 111 Å². The normalized spacial score (nSPS) is 11.1. The molecule has 2 aromatic heterocycles. The van der Waals surface area contributed by atoms with Crippen LogP contribution in [0.1, 0.15) is 12.5 Å². The number of aryl methyl sites for hydroxylation is 2. The summed E-state index contributed by atoms with van der Waals surface area (Å²) >= 11 is 0. The fraction of sp³-hybridized carbons (Fsp3) is 0.200. The Morgan fingerprint density at radius 3 is 2.89 bits per heavy atom. The number of fused-ring (bicyclic) bond motifs is 1. The molecule has 4 heteroatoms. The second-order valence-corrected chi connectivity index (χ2v) is 4.52. The van der Waals surface area contributed by atoms with Gasteiger partial charge in [-0.2, -0.15) is 0 Å². The molecule has 0 spiro atoms. The van der Waals surface area contributed by atoms with Crippen molar-refractivity contribution in [1.29, 1.82) is 0 Å². The standard InChI is InChI=1S/C15H15N3O/c1-3-18-13-7-8-16-9-12(13)17-15(18)11-6-4-5-10(2)14(11)19/h4-9,19H,3H2,1-2H3. The van der Waals surface area contributed by atoms with Crippen LogP contribution in [0.15, 0.2) is 36.7 Å². The molecule has 2 heterocycles. The first-order chi connectivity index (χ1) is 9.22. The van der Waals surface area contributed by atoms with Gasteiger partial charge in [0.2, 0.25) is 0 Å². The lowest BCUT2D eigenvalue weighted by molar-refractivity contribution is 0.472. The van der Waals surface area contributed by atoms with Crippen LogP contribution in [0, 0.1) is 6.92 Å². The number of aromatic hydroxyl groups is 1. The molecular formula is C15H15N3O. The van der Waals surface area contributed by atoms with E-state index >= 15 is 0 Å². The van der Waals surface area contributed by atoms with Gasteiger partial charge in [0.25, 0.3) is 0 Å². The summed E-state index contributed by atoms with van der Waals surface area (Å²) in [7, 11) is 0. The van der Waals surface area contributed by atoms with Crippen molar-refractivity contribution < 1.29 is 5.11 Å². The van der Waals surface area contributed by atoms with Crippen molar-refractivity contribution in [2.45, 2.75) is 20.4 Å². The van der Waals surface area contributed by atoms with Gasteiger partial charge in [-0.1, -0.05) is 12.1 Å². The number of hydrogen-bond acceptors (Lipinski definition) is 3. The fourth-order valence-corrected chi connectivity index (χ4v) is 2.35. The lowest BCUT2D eigenvalue weighted by Crippen LogP contribution is -1.98. The number of nitrogens with zero attached hydrogens (tertiary/aromatic N) is 3. The Hall–Kier alpha value is -2.36. The highest BCUT2D eigenvalue weighted by molar-refractivity contribution is 5.81. The van der Waals surface area contributed by atoms with E-state index in [4.69, 9.17) is 0 Å². The van der Waals surface area contributed by atoms with Gasteiger partial charge >= 0.3 is 0 Å². The molecule has 96 valence electrons. The molecule has 0 bridgehead atoms. The van der Waals surface area contributed by atoms with E-state index < -0.39 is 0 Å². The van der Waals surface area contributed by atoms with E-state index in [1.54, 1.807) is 12.4 Å². The monoisotopic (exact) mass is 253 g/mol. The van der Waals surface area contributed by atoms with Crippen LogP contribution >= 0.6 is 0 Å². The van der Waals surface area contributed by atoms with Gasteiger partial charge in [0.05, 0.1) is 17.3 Å². The Morgan fingerprint density at radius 1 is 1.26 bits per heavy atom. The van der Waals surface area contributed by atoms with E-state index in [1.807, 2.05) is 31.2 Å². The van der Waals surface area contributed by atoms with Gasteiger partial charge in [-0.15, -0.1) is 0 Å². The van der Waals surface area contributed by atoms with E-state index in [0.29, 0.717) is 5.75 Å². The molecule has 3 aromatic rings. The van der Waals surface area contributed by atoms with Crippen LogP contribution < -0.4 is 0 Å². The average molecular weight is 253 g/mol. The first-order valence-corrected chi connectivity index (χ1v) is 6.31. The van der Waals surface area contributed by atoms with Crippen molar-refractivity contribution in [2.24, 2.45) is 0 Å². The highest BCUT2D eigenvalue weighted by Gasteiger charge is 2.15. The molecule has 0 fully saturated rings. The van der Waals surface area contributed by atoms with E-state index in [-0.39, 0.29) is 0 Å². The summed E-state index contributed by atoms with van der Waals surface area (Å²) in [6, 6.07) is 7.66. The number of phenolic OH excluding ortho intramolecular Hbond substituents is 1. The van der Waals surface area contributed by atoms with Crippen molar-refractivity contribution in [1.82, 2.24) is 14.5 Å². The fourth-order valence-electron chi connectivity index (χ4n) is 2.35. The molecule has 0 aliphatic carbocycles. The second kappa shape index (κ2) is 4.39. The second-order valence-electron chi connectivity index (χ2n) is 4.52. The molecule has 0 aliphatic rings. The van der Waals surface area contributed by atoms with E-state index in [9.17, 15) is 5.11 Å². The van der Waals surface area contributed by atoms with Crippen molar-refractivity contribution in [3.05, 3.63) is 42.2 Å². The number of aromatic nitrogens is 3. The van der Waals surface area contributed by atoms with Gasteiger partial charge in [0, 0.05) is 12.7 Å². The number of phenols is 1. The van der Waals surface area contributed by atoms with E-state index in [2.05, 4.69) is 21.5 Å². The van der Waals surface area contributed by atoms with Gasteiger partial charge in [0.1, 0.15) is 17.1 Å². The number of rotatable bonds is 2. The predicted octanol–water partition coefficient (Wildman–Crippen LogP) is 3.13. The van der Waals surface area contributed by atoms with E-state index in [1.165, 1.54) is 0 Å². The summed E-state index contributed by atoms with van der Waals surface area (Å²) in [5, 5.41) is 10.2. The first kappa shape index (κ1) is 11.7. The van der Waals surface area contributed by atoms with Gasteiger partial charge in [-0.3, -0.25) is 4.98 Å². The number of pyridine rings is 1. The van der Waals surface area contributed by atoms with Crippen molar-refractivity contribution >= 4 is 11.0 Å². The Bertz CT molecular complexity index is 746. The molecular weight excluding hydrogens is 238 g/mol. The summed E-state index contributed by atoms with van der Waals surface area (Å²) in [5.74, 6) is 1.08. The maximum Gasteiger partial charge on any atom is 0.144 e. The zero-order valence-electron chi connectivity index (χ0n) is 11.0. The largest absolute Gasteiger partial charge is 0.507 e. The summed E-state index contributed by atoms with van der Waals surface area (Å²) in [6.07, 6.45) is 3.51. The molecule has 0 aliphatic heterocycles. The number of hydrogen-bond donors (Lipinski definition) is 1. The number of imidazole rings is 1. The van der Waals surface area contributed by atoms with Crippen LogP contribution in [0.4, 0.5) is 0 Å². The minimum atomic E-state index is 0.292. The molecule has 0 radical (unpaired) electrons. The third-order valence-corrected chi connectivity index (χ3v) is 3.35. The Kier molecular flexibility index (Phi) is 2.71. The lowest BCUT2D eigenvalue weighted by Gasteiger charge is -2.09. The summed E-state index contributed by atoms with van der Waals surface area (Å²) in [4.78, 5) is 8.69. The highest BCUT2D eigenvalue weighted by Crippen LogP contribution is 2.32. The minimum absolute atomic E-state index is 0.292. The van der Waals surface area contributed by atoms with Crippen molar-refractivity contribution in [3.63, 3.8) is 0 Å². The zero-order chi connectivity index (χ0) is 13.4. The Balaban J connectivity index is 2.33. The average Bonchev–Trinajstić information content (AvgIpc) is 2.80. The highest BCUT2D eigenvalue weighted by atomic mass is 16.3. The lowest BCUT2D eigenvalue weighted by atomic mass is 10.1. The van der Waals surface area contributed by atoms with Crippen LogP contribution in [0.25, 0.3) is 22.4 Å². The van der Waals surface area contributed by atoms with Crippen LogP contribution in [0.5, 0.6) is 5.75 Å².